The summed E-state index contributed by atoms with van der Waals surface area (Å²) in [6, 6.07) is 9.81. The average Bonchev–Trinajstić information content (AvgIpc) is 3.08. The van der Waals surface area contributed by atoms with Gasteiger partial charge in [0.25, 0.3) is 17.4 Å². The minimum absolute atomic E-state index is 0.108. The molecular formula is C26H30N2O7. The summed E-state index contributed by atoms with van der Waals surface area (Å²) in [5.41, 5.74) is 1.20. The van der Waals surface area contributed by atoms with Crippen molar-refractivity contribution in [2.75, 3.05) is 26.9 Å². The SMILES string of the molecule is COCCCN1C(=O)C(=O)/C(=C(/O)c2ccc(OCC(C)C)c(C)c2)[C@@H]1c1cccc([N+](=O)[O-])c1. The fraction of sp³-hybridized carbons (Fsp3) is 0.385. The maximum atomic E-state index is 13.1. The number of amides is 1. The van der Waals surface area contributed by atoms with Gasteiger partial charge in [-0.15, -0.1) is 0 Å². The Morgan fingerprint density at radius 3 is 2.57 bits per heavy atom. The van der Waals surface area contributed by atoms with Gasteiger partial charge in [-0.05, 0) is 48.6 Å². The van der Waals surface area contributed by atoms with E-state index in [2.05, 4.69) is 0 Å². The van der Waals surface area contributed by atoms with Crippen LogP contribution in [0.4, 0.5) is 5.69 Å². The first-order valence-electron chi connectivity index (χ1n) is 11.4. The number of likely N-dealkylation sites (tertiary alicyclic amines) is 1. The Balaban J connectivity index is 2.10. The molecule has 1 amide bonds. The van der Waals surface area contributed by atoms with Crippen molar-refractivity contribution in [3.63, 3.8) is 0 Å². The van der Waals surface area contributed by atoms with E-state index in [-0.39, 0.29) is 23.6 Å². The summed E-state index contributed by atoms with van der Waals surface area (Å²) in [4.78, 5) is 38.2. The number of nitro benzene ring substituents is 1. The number of ketones is 1. The Kier molecular flexibility index (Phi) is 8.24. The average molecular weight is 483 g/mol. The highest BCUT2D eigenvalue weighted by atomic mass is 16.6. The summed E-state index contributed by atoms with van der Waals surface area (Å²) in [6.45, 7) is 6.98. The number of nitrogens with zero attached hydrogens (tertiary/aromatic N) is 2. The number of rotatable bonds is 10. The van der Waals surface area contributed by atoms with E-state index in [4.69, 9.17) is 9.47 Å². The van der Waals surface area contributed by atoms with E-state index in [9.17, 15) is 24.8 Å². The topological polar surface area (TPSA) is 119 Å². The van der Waals surface area contributed by atoms with Crippen LogP contribution < -0.4 is 4.74 Å². The summed E-state index contributed by atoms with van der Waals surface area (Å²) < 4.78 is 10.9. The summed E-state index contributed by atoms with van der Waals surface area (Å²) in [6.07, 6.45) is 0.454. The molecule has 9 nitrogen and oxygen atoms in total. The lowest BCUT2D eigenvalue weighted by molar-refractivity contribution is -0.384. The van der Waals surface area contributed by atoms with Gasteiger partial charge in [-0.2, -0.15) is 0 Å². The Morgan fingerprint density at radius 1 is 1.20 bits per heavy atom. The molecule has 0 spiro atoms. The van der Waals surface area contributed by atoms with Gasteiger partial charge in [-0.3, -0.25) is 19.7 Å². The minimum atomic E-state index is -0.969. The van der Waals surface area contributed by atoms with Crippen molar-refractivity contribution < 1.29 is 29.1 Å². The maximum absolute atomic E-state index is 13.1. The van der Waals surface area contributed by atoms with Gasteiger partial charge in [0.2, 0.25) is 0 Å². The second-order valence-corrected chi connectivity index (χ2v) is 8.88. The third-order valence-corrected chi connectivity index (χ3v) is 5.70. The summed E-state index contributed by atoms with van der Waals surface area (Å²) in [7, 11) is 1.53. The van der Waals surface area contributed by atoms with Crippen molar-refractivity contribution in [2.24, 2.45) is 5.92 Å². The molecule has 0 radical (unpaired) electrons. The van der Waals surface area contributed by atoms with E-state index in [1.54, 1.807) is 24.3 Å². The monoisotopic (exact) mass is 482 g/mol. The van der Waals surface area contributed by atoms with Gasteiger partial charge in [-0.25, -0.2) is 0 Å². The number of Topliss-reactive ketones (excluding diaryl/α,β-unsaturated/α-hetero) is 1. The number of non-ortho nitro benzene ring substituents is 1. The molecule has 3 rings (SSSR count). The van der Waals surface area contributed by atoms with E-state index in [1.807, 2.05) is 20.8 Å². The highest BCUT2D eigenvalue weighted by molar-refractivity contribution is 6.46. The molecule has 0 aliphatic carbocycles. The van der Waals surface area contributed by atoms with Crippen LogP contribution in [0.2, 0.25) is 0 Å². The lowest BCUT2D eigenvalue weighted by atomic mass is 9.94. The van der Waals surface area contributed by atoms with Crippen LogP contribution in [-0.4, -0.2) is 53.5 Å². The molecule has 1 N–H and O–H groups in total. The third kappa shape index (κ3) is 5.68. The molecule has 1 aliphatic heterocycles. The Morgan fingerprint density at radius 2 is 1.94 bits per heavy atom. The Hall–Kier alpha value is -3.72. The molecule has 0 saturated carbocycles. The minimum Gasteiger partial charge on any atom is -0.507 e. The molecule has 1 heterocycles. The van der Waals surface area contributed by atoms with Crippen LogP contribution in [0, 0.1) is 23.0 Å². The van der Waals surface area contributed by atoms with Gasteiger partial charge < -0.3 is 19.5 Å². The zero-order chi connectivity index (χ0) is 25.7. The number of benzene rings is 2. The van der Waals surface area contributed by atoms with E-state index < -0.39 is 22.7 Å². The number of hydrogen-bond acceptors (Lipinski definition) is 7. The van der Waals surface area contributed by atoms with Crippen LogP contribution in [-0.2, 0) is 14.3 Å². The first-order valence-corrected chi connectivity index (χ1v) is 11.4. The third-order valence-electron chi connectivity index (χ3n) is 5.70. The van der Waals surface area contributed by atoms with E-state index >= 15 is 0 Å². The first-order chi connectivity index (χ1) is 16.6. The van der Waals surface area contributed by atoms with Crippen LogP contribution in [0.25, 0.3) is 5.76 Å². The molecule has 2 aromatic rings. The second-order valence-electron chi connectivity index (χ2n) is 8.88. The molecule has 1 saturated heterocycles. The molecule has 0 aromatic heterocycles. The molecule has 35 heavy (non-hydrogen) atoms. The van der Waals surface area contributed by atoms with E-state index in [0.29, 0.717) is 42.4 Å². The number of carbonyl (C=O) groups is 2. The van der Waals surface area contributed by atoms with Gasteiger partial charge >= 0.3 is 0 Å². The lowest BCUT2D eigenvalue weighted by Gasteiger charge is -2.25. The molecule has 1 atom stereocenters. The number of ether oxygens (including phenoxy) is 2. The standard InChI is InChI=1S/C26H30N2O7/c1-16(2)15-35-21-10-9-19(13-17(21)3)24(29)22-23(18-7-5-8-20(14-18)28(32)33)27(11-6-12-34-4)26(31)25(22)30/h5,7-10,13-14,16,23,29H,6,11-12,15H2,1-4H3/b24-22+/t23-/m0/s1. The van der Waals surface area contributed by atoms with Crippen LogP contribution in [0.1, 0.15) is 43.0 Å². The molecular weight excluding hydrogens is 452 g/mol. The van der Waals surface area contributed by atoms with Crippen molar-refractivity contribution in [3.8, 4) is 5.75 Å². The number of hydrogen-bond donors (Lipinski definition) is 1. The Labute approximate surface area is 204 Å². The summed E-state index contributed by atoms with van der Waals surface area (Å²) in [5, 5.41) is 22.6. The molecule has 186 valence electrons. The maximum Gasteiger partial charge on any atom is 0.295 e. The van der Waals surface area contributed by atoms with Gasteiger partial charge in [-0.1, -0.05) is 26.0 Å². The lowest BCUT2D eigenvalue weighted by Crippen LogP contribution is -2.31. The van der Waals surface area contributed by atoms with Gasteiger partial charge in [0.15, 0.2) is 0 Å². The normalized spacial score (nSPS) is 17.3. The Bertz CT molecular complexity index is 1160. The molecule has 9 heteroatoms. The number of aliphatic hydroxyl groups excluding tert-OH is 1. The highest BCUT2D eigenvalue weighted by Gasteiger charge is 2.46. The van der Waals surface area contributed by atoms with Gasteiger partial charge in [0.1, 0.15) is 11.5 Å². The zero-order valence-electron chi connectivity index (χ0n) is 20.3. The second kappa shape index (κ2) is 11.1. The van der Waals surface area contributed by atoms with Crippen LogP contribution in [0.3, 0.4) is 0 Å². The fourth-order valence-corrected chi connectivity index (χ4v) is 4.02. The van der Waals surface area contributed by atoms with Crippen molar-refractivity contribution in [2.45, 2.75) is 33.2 Å². The predicted octanol–water partition coefficient (Wildman–Crippen LogP) is 4.40. The van der Waals surface area contributed by atoms with Gasteiger partial charge in [0, 0.05) is 38.0 Å². The quantitative estimate of drug-likeness (QED) is 0.133. The summed E-state index contributed by atoms with van der Waals surface area (Å²) >= 11 is 0. The molecule has 2 aromatic carbocycles. The van der Waals surface area contributed by atoms with Crippen molar-refractivity contribution in [3.05, 3.63) is 74.8 Å². The molecule has 0 unspecified atom stereocenters. The largest absolute Gasteiger partial charge is 0.507 e. The fourth-order valence-electron chi connectivity index (χ4n) is 4.02. The van der Waals surface area contributed by atoms with E-state index in [0.717, 1.165) is 5.56 Å². The predicted molar refractivity (Wildman–Crippen MR) is 130 cm³/mol. The van der Waals surface area contributed by atoms with Crippen molar-refractivity contribution in [1.82, 2.24) is 4.90 Å². The number of aliphatic hydroxyl groups is 1. The highest BCUT2D eigenvalue weighted by Crippen LogP contribution is 2.40. The first kappa shape index (κ1) is 25.9. The smallest absolute Gasteiger partial charge is 0.295 e. The van der Waals surface area contributed by atoms with Crippen LogP contribution >= 0.6 is 0 Å². The number of nitro groups is 1. The van der Waals surface area contributed by atoms with Crippen LogP contribution in [0.5, 0.6) is 5.75 Å². The van der Waals surface area contributed by atoms with Gasteiger partial charge in [0.05, 0.1) is 23.1 Å². The number of methoxy groups -OCH3 is 1. The number of aryl methyl sites for hydroxylation is 1. The molecule has 1 fully saturated rings. The molecule has 1 aliphatic rings. The van der Waals surface area contributed by atoms with E-state index in [1.165, 1.54) is 30.2 Å². The molecule has 0 bridgehead atoms. The van der Waals surface area contributed by atoms with Crippen LogP contribution in [0.15, 0.2) is 48.0 Å². The van der Waals surface area contributed by atoms with Crippen molar-refractivity contribution in [1.29, 1.82) is 0 Å². The summed E-state index contributed by atoms with van der Waals surface area (Å²) in [5.74, 6) is -0.952. The van der Waals surface area contributed by atoms with Crippen molar-refractivity contribution >= 4 is 23.1 Å². The zero-order valence-corrected chi connectivity index (χ0v) is 20.3. The number of carbonyl (C=O) groups excluding carboxylic acids is 2.